The molecule has 0 bridgehead atoms. The van der Waals surface area contributed by atoms with Crippen LogP contribution in [0.3, 0.4) is 0 Å². The highest BCUT2D eigenvalue weighted by Crippen LogP contribution is 2.35. The Labute approximate surface area is 162 Å². The number of benzene rings is 1. The van der Waals surface area contributed by atoms with Crippen LogP contribution in [0.4, 0.5) is 5.82 Å². The van der Waals surface area contributed by atoms with Crippen molar-refractivity contribution in [2.75, 3.05) is 26.0 Å². The first-order valence-corrected chi connectivity index (χ1v) is 9.62. The van der Waals surface area contributed by atoms with Gasteiger partial charge in [-0.1, -0.05) is 30.3 Å². The van der Waals surface area contributed by atoms with Crippen LogP contribution in [0.25, 0.3) is 20.7 Å². The van der Waals surface area contributed by atoms with Crippen molar-refractivity contribution < 1.29 is 0 Å². The van der Waals surface area contributed by atoms with Gasteiger partial charge in [-0.25, -0.2) is 9.97 Å². The van der Waals surface area contributed by atoms with Crippen LogP contribution in [-0.4, -0.2) is 45.3 Å². The van der Waals surface area contributed by atoms with Gasteiger partial charge in [-0.05, 0) is 25.7 Å². The number of nitrogens with one attached hydrogen (secondary N) is 1. The zero-order valence-corrected chi connectivity index (χ0v) is 16.4. The minimum absolute atomic E-state index is 0.205. The minimum atomic E-state index is 0.205. The van der Waals surface area contributed by atoms with Crippen molar-refractivity contribution in [3.8, 4) is 10.4 Å². The SMILES string of the molecule is CN(C)C(CNc1ncnc2sc(-c3ccccc3)cc12)c1cnn(C)c1. The zero-order valence-electron chi connectivity index (χ0n) is 15.6. The average molecular weight is 379 g/mol. The summed E-state index contributed by atoms with van der Waals surface area (Å²) in [6.07, 6.45) is 5.60. The number of hydrogen-bond acceptors (Lipinski definition) is 6. The van der Waals surface area contributed by atoms with E-state index >= 15 is 0 Å². The monoisotopic (exact) mass is 378 g/mol. The summed E-state index contributed by atoms with van der Waals surface area (Å²) in [5.41, 5.74) is 2.38. The summed E-state index contributed by atoms with van der Waals surface area (Å²) in [7, 11) is 6.09. The maximum Gasteiger partial charge on any atom is 0.138 e. The molecule has 0 aliphatic heterocycles. The van der Waals surface area contributed by atoms with E-state index in [2.05, 4.69) is 75.9 Å². The van der Waals surface area contributed by atoms with Gasteiger partial charge < -0.3 is 10.2 Å². The number of nitrogens with zero attached hydrogens (tertiary/aromatic N) is 5. The molecule has 0 spiro atoms. The molecule has 4 rings (SSSR count). The Kier molecular flexibility index (Phi) is 4.87. The van der Waals surface area contributed by atoms with Gasteiger partial charge in [-0.15, -0.1) is 11.3 Å². The van der Waals surface area contributed by atoms with Gasteiger partial charge in [0.1, 0.15) is 17.0 Å². The lowest BCUT2D eigenvalue weighted by Gasteiger charge is -2.23. The zero-order chi connectivity index (χ0) is 18.8. The molecule has 0 aliphatic rings. The quantitative estimate of drug-likeness (QED) is 0.553. The van der Waals surface area contributed by atoms with E-state index < -0.39 is 0 Å². The van der Waals surface area contributed by atoms with Crippen LogP contribution < -0.4 is 5.32 Å². The molecule has 1 atom stereocenters. The van der Waals surface area contributed by atoms with Crippen LogP contribution in [0, 0.1) is 0 Å². The molecule has 0 radical (unpaired) electrons. The third kappa shape index (κ3) is 3.70. The second-order valence-corrected chi connectivity index (χ2v) is 7.76. The Morgan fingerprint density at radius 2 is 2.00 bits per heavy atom. The van der Waals surface area contributed by atoms with Crippen molar-refractivity contribution in [2.24, 2.45) is 7.05 Å². The molecule has 0 fully saturated rings. The number of rotatable bonds is 6. The average Bonchev–Trinajstić information content (AvgIpc) is 3.29. The Balaban J connectivity index is 1.61. The molecule has 1 unspecified atom stereocenters. The maximum absolute atomic E-state index is 4.49. The number of hydrogen-bond donors (Lipinski definition) is 1. The van der Waals surface area contributed by atoms with Crippen molar-refractivity contribution >= 4 is 27.4 Å². The van der Waals surface area contributed by atoms with Crippen molar-refractivity contribution in [3.05, 3.63) is 60.7 Å². The molecule has 6 nitrogen and oxygen atoms in total. The predicted octanol–water partition coefficient (Wildman–Crippen LogP) is 3.81. The highest BCUT2D eigenvalue weighted by molar-refractivity contribution is 7.21. The lowest BCUT2D eigenvalue weighted by atomic mass is 10.1. The van der Waals surface area contributed by atoms with Crippen molar-refractivity contribution in [2.45, 2.75) is 6.04 Å². The summed E-state index contributed by atoms with van der Waals surface area (Å²) in [6.45, 7) is 0.737. The predicted molar refractivity (Wildman–Crippen MR) is 111 cm³/mol. The molecule has 7 heteroatoms. The Morgan fingerprint density at radius 3 is 2.70 bits per heavy atom. The smallest absolute Gasteiger partial charge is 0.138 e. The molecular formula is C20H22N6S. The van der Waals surface area contributed by atoms with Crippen molar-refractivity contribution in [1.82, 2.24) is 24.6 Å². The van der Waals surface area contributed by atoms with Crippen molar-refractivity contribution in [1.29, 1.82) is 0 Å². The second kappa shape index (κ2) is 7.46. The molecule has 138 valence electrons. The highest BCUT2D eigenvalue weighted by atomic mass is 32.1. The molecule has 27 heavy (non-hydrogen) atoms. The number of fused-ring (bicyclic) bond motifs is 1. The summed E-state index contributed by atoms with van der Waals surface area (Å²) < 4.78 is 1.83. The third-order valence-electron chi connectivity index (χ3n) is 4.58. The van der Waals surface area contributed by atoms with Gasteiger partial charge in [0.15, 0.2) is 0 Å². The number of likely N-dealkylation sites (N-methyl/N-ethyl adjacent to an activating group) is 1. The van der Waals surface area contributed by atoms with Crippen LogP contribution in [-0.2, 0) is 7.05 Å². The molecule has 3 aromatic heterocycles. The highest BCUT2D eigenvalue weighted by Gasteiger charge is 2.17. The van der Waals surface area contributed by atoms with E-state index in [4.69, 9.17) is 0 Å². The lowest BCUT2D eigenvalue weighted by molar-refractivity contribution is 0.311. The second-order valence-electron chi connectivity index (χ2n) is 6.73. The summed E-state index contributed by atoms with van der Waals surface area (Å²) >= 11 is 1.69. The van der Waals surface area contributed by atoms with Gasteiger partial charge in [-0.2, -0.15) is 5.10 Å². The van der Waals surface area contributed by atoms with E-state index in [0.29, 0.717) is 0 Å². The normalized spacial score (nSPS) is 12.6. The molecule has 1 N–H and O–H groups in total. The van der Waals surface area contributed by atoms with Gasteiger partial charge >= 0.3 is 0 Å². The molecule has 0 amide bonds. The van der Waals surface area contributed by atoms with E-state index in [0.717, 1.165) is 22.6 Å². The van der Waals surface area contributed by atoms with Crippen LogP contribution in [0.15, 0.2) is 55.1 Å². The fraction of sp³-hybridized carbons (Fsp3) is 0.250. The summed E-state index contributed by atoms with van der Waals surface area (Å²) in [5.74, 6) is 0.870. The fourth-order valence-electron chi connectivity index (χ4n) is 3.15. The van der Waals surface area contributed by atoms with E-state index in [1.54, 1.807) is 17.7 Å². The Hall–Kier alpha value is -2.77. The van der Waals surface area contributed by atoms with E-state index in [9.17, 15) is 0 Å². The van der Waals surface area contributed by atoms with Crippen molar-refractivity contribution in [3.63, 3.8) is 0 Å². The largest absolute Gasteiger partial charge is 0.368 e. The van der Waals surface area contributed by atoms with Gasteiger partial charge in [-0.3, -0.25) is 4.68 Å². The first kappa shape index (κ1) is 17.6. The summed E-state index contributed by atoms with van der Waals surface area (Å²) in [6, 6.07) is 12.8. The molecular weight excluding hydrogens is 356 g/mol. The number of aryl methyl sites for hydroxylation is 1. The number of anilines is 1. The van der Waals surface area contributed by atoms with Gasteiger partial charge in [0.25, 0.3) is 0 Å². The molecule has 0 aliphatic carbocycles. The van der Waals surface area contributed by atoms with Crippen LogP contribution in [0.2, 0.25) is 0 Å². The third-order valence-corrected chi connectivity index (χ3v) is 5.68. The molecule has 0 saturated heterocycles. The van der Waals surface area contributed by atoms with Gasteiger partial charge in [0, 0.05) is 30.2 Å². The molecule has 1 aromatic carbocycles. The number of aromatic nitrogens is 4. The topological polar surface area (TPSA) is 58.9 Å². The lowest BCUT2D eigenvalue weighted by Crippen LogP contribution is -2.26. The minimum Gasteiger partial charge on any atom is -0.368 e. The van der Waals surface area contributed by atoms with Gasteiger partial charge in [0.05, 0.1) is 17.6 Å². The summed E-state index contributed by atoms with van der Waals surface area (Å²) in [5, 5.41) is 8.88. The van der Waals surface area contributed by atoms with E-state index in [-0.39, 0.29) is 6.04 Å². The van der Waals surface area contributed by atoms with Crippen LogP contribution >= 0.6 is 11.3 Å². The van der Waals surface area contributed by atoms with Crippen LogP contribution in [0.5, 0.6) is 0 Å². The first-order chi connectivity index (χ1) is 13.1. The van der Waals surface area contributed by atoms with E-state index in [1.807, 2.05) is 24.0 Å². The maximum atomic E-state index is 4.49. The standard InChI is InChI=1S/C20H22N6S/c1-25(2)17(15-10-24-26(3)12-15)11-21-19-16-9-18(14-7-5-4-6-8-14)27-20(16)23-13-22-19/h4-10,12-13,17H,11H2,1-3H3,(H,21,22,23). The number of thiophene rings is 1. The Bertz CT molecular complexity index is 1040. The Morgan fingerprint density at radius 1 is 1.19 bits per heavy atom. The molecule has 0 saturated carbocycles. The van der Waals surface area contributed by atoms with Gasteiger partial charge in [0.2, 0.25) is 0 Å². The molecule has 4 aromatic rings. The van der Waals surface area contributed by atoms with E-state index in [1.165, 1.54) is 16.0 Å². The summed E-state index contributed by atoms with van der Waals surface area (Å²) in [4.78, 5) is 13.3. The van der Waals surface area contributed by atoms with Crippen LogP contribution in [0.1, 0.15) is 11.6 Å². The fourth-order valence-corrected chi connectivity index (χ4v) is 4.15. The molecule has 3 heterocycles. The first-order valence-electron chi connectivity index (χ1n) is 8.80.